The minimum Gasteiger partial charge on any atom is -0.485 e. The molecule has 2 heterocycles. The van der Waals surface area contributed by atoms with Gasteiger partial charge in [0, 0.05) is 29.1 Å². The third-order valence-corrected chi connectivity index (χ3v) is 3.98. The van der Waals surface area contributed by atoms with E-state index in [2.05, 4.69) is 5.16 Å². The molecule has 2 aromatic heterocycles. The van der Waals surface area contributed by atoms with Crippen molar-refractivity contribution in [3.8, 4) is 17.0 Å². The Bertz CT molecular complexity index is 1150. The Morgan fingerprint density at radius 3 is 2.85 bits per heavy atom. The first-order valence-electron chi connectivity index (χ1n) is 7.97. The predicted molar refractivity (Wildman–Crippen MR) is 93.5 cm³/mol. The molecule has 26 heavy (non-hydrogen) atoms. The summed E-state index contributed by atoms with van der Waals surface area (Å²) >= 11 is 0. The molecule has 0 aliphatic rings. The fourth-order valence-electron chi connectivity index (χ4n) is 2.71. The molecule has 0 N–H and O–H groups in total. The van der Waals surface area contributed by atoms with Crippen molar-refractivity contribution in [2.24, 2.45) is 0 Å². The molecule has 6 heteroatoms. The standard InChI is InChI=1S/C20H14FNO4/c1-12-7-20(23)25-19-10-15(5-6-17(12)19)24-11-16-9-18(22-26-16)13-3-2-4-14(21)8-13/h2-10H,11H2,1H3. The third kappa shape index (κ3) is 3.21. The maximum Gasteiger partial charge on any atom is 0.336 e. The summed E-state index contributed by atoms with van der Waals surface area (Å²) < 4.78 is 29.4. The van der Waals surface area contributed by atoms with Gasteiger partial charge in [0.2, 0.25) is 0 Å². The van der Waals surface area contributed by atoms with Gasteiger partial charge in [0.25, 0.3) is 0 Å². The summed E-state index contributed by atoms with van der Waals surface area (Å²) in [5, 5.41) is 4.78. The Morgan fingerprint density at radius 1 is 1.12 bits per heavy atom. The van der Waals surface area contributed by atoms with Crippen LogP contribution in [0, 0.1) is 12.7 Å². The van der Waals surface area contributed by atoms with Gasteiger partial charge in [0.05, 0.1) is 0 Å². The molecule has 0 saturated carbocycles. The molecule has 130 valence electrons. The van der Waals surface area contributed by atoms with E-state index >= 15 is 0 Å². The summed E-state index contributed by atoms with van der Waals surface area (Å²) in [7, 11) is 0. The van der Waals surface area contributed by atoms with Gasteiger partial charge in [0.1, 0.15) is 29.5 Å². The molecule has 0 atom stereocenters. The van der Waals surface area contributed by atoms with E-state index in [0.717, 1.165) is 10.9 Å². The lowest BCUT2D eigenvalue weighted by atomic mass is 10.1. The molecule has 0 bridgehead atoms. The van der Waals surface area contributed by atoms with Gasteiger partial charge in [-0.05, 0) is 36.8 Å². The zero-order valence-corrected chi connectivity index (χ0v) is 13.9. The predicted octanol–water partition coefficient (Wildman–Crippen LogP) is 4.47. The van der Waals surface area contributed by atoms with Crippen molar-refractivity contribution in [3.05, 3.63) is 82.2 Å². The van der Waals surface area contributed by atoms with E-state index in [-0.39, 0.29) is 12.4 Å². The average molecular weight is 351 g/mol. The second kappa shape index (κ2) is 6.48. The number of ether oxygens (including phenoxy) is 1. The third-order valence-electron chi connectivity index (χ3n) is 3.98. The summed E-state index contributed by atoms with van der Waals surface area (Å²) in [6.45, 7) is 1.99. The molecular formula is C20H14FNO4. The van der Waals surface area contributed by atoms with Crippen molar-refractivity contribution in [2.45, 2.75) is 13.5 Å². The van der Waals surface area contributed by atoms with Crippen molar-refractivity contribution in [1.82, 2.24) is 5.16 Å². The molecule has 0 saturated heterocycles. The van der Waals surface area contributed by atoms with E-state index in [1.807, 2.05) is 13.0 Å². The van der Waals surface area contributed by atoms with E-state index in [4.69, 9.17) is 13.7 Å². The first kappa shape index (κ1) is 16.1. The number of halogens is 1. The fraction of sp³-hybridized carbons (Fsp3) is 0.100. The Balaban J connectivity index is 1.53. The lowest BCUT2D eigenvalue weighted by Gasteiger charge is -2.05. The van der Waals surface area contributed by atoms with Gasteiger partial charge in [-0.15, -0.1) is 0 Å². The molecule has 0 spiro atoms. The minimum atomic E-state index is -0.401. The molecule has 0 amide bonds. The maximum atomic E-state index is 13.3. The normalized spacial score (nSPS) is 11.0. The summed E-state index contributed by atoms with van der Waals surface area (Å²) in [5.74, 6) is 0.696. The van der Waals surface area contributed by atoms with Crippen molar-refractivity contribution in [1.29, 1.82) is 0 Å². The molecule has 2 aromatic carbocycles. The van der Waals surface area contributed by atoms with Crippen LogP contribution in [0.5, 0.6) is 5.75 Å². The van der Waals surface area contributed by atoms with E-state index in [0.29, 0.717) is 28.4 Å². The number of hydrogen-bond donors (Lipinski definition) is 0. The lowest BCUT2D eigenvalue weighted by molar-refractivity contribution is 0.249. The van der Waals surface area contributed by atoms with Crippen LogP contribution in [-0.2, 0) is 6.61 Å². The molecular weight excluding hydrogens is 337 g/mol. The molecule has 0 aliphatic carbocycles. The van der Waals surface area contributed by atoms with Crippen molar-refractivity contribution in [2.75, 3.05) is 0 Å². The van der Waals surface area contributed by atoms with Crippen molar-refractivity contribution >= 4 is 11.0 Å². The Morgan fingerprint density at radius 2 is 2.00 bits per heavy atom. The number of benzene rings is 2. The monoisotopic (exact) mass is 351 g/mol. The molecule has 5 nitrogen and oxygen atoms in total. The molecule has 0 aliphatic heterocycles. The Kier molecular flexibility index (Phi) is 4.01. The zero-order chi connectivity index (χ0) is 18.1. The number of hydrogen-bond acceptors (Lipinski definition) is 5. The van der Waals surface area contributed by atoms with Crippen LogP contribution in [0.15, 0.2) is 68.3 Å². The van der Waals surface area contributed by atoms with Gasteiger partial charge in [-0.1, -0.05) is 17.3 Å². The summed E-state index contributed by atoms with van der Waals surface area (Å²) in [6.07, 6.45) is 0. The van der Waals surface area contributed by atoms with Gasteiger partial charge >= 0.3 is 5.63 Å². The van der Waals surface area contributed by atoms with Crippen LogP contribution >= 0.6 is 0 Å². The highest BCUT2D eigenvalue weighted by Crippen LogP contribution is 2.24. The van der Waals surface area contributed by atoms with Crippen LogP contribution in [0.1, 0.15) is 11.3 Å². The highest BCUT2D eigenvalue weighted by atomic mass is 19.1. The number of aromatic nitrogens is 1. The maximum absolute atomic E-state index is 13.3. The highest BCUT2D eigenvalue weighted by molar-refractivity contribution is 5.81. The van der Waals surface area contributed by atoms with Crippen LogP contribution in [-0.4, -0.2) is 5.16 Å². The summed E-state index contributed by atoms with van der Waals surface area (Å²) in [4.78, 5) is 11.5. The van der Waals surface area contributed by atoms with Crippen molar-refractivity contribution < 1.29 is 18.1 Å². The Hall–Kier alpha value is -3.41. The van der Waals surface area contributed by atoms with E-state index < -0.39 is 5.63 Å². The zero-order valence-electron chi connectivity index (χ0n) is 13.9. The van der Waals surface area contributed by atoms with Crippen LogP contribution in [0.4, 0.5) is 4.39 Å². The van der Waals surface area contributed by atoms with Crippen LogP contribution < -0.4 is 10.4 Å². The minimum absolute atomic E-state index is 0.143. The molecule has 4 aromatic rings. The van der Waals surface area contributed by atoms with E-state index in [9.17, 15) is 9.18 Å². The number of rotatable bonds is 4. The van der Waals surface area contributed by atoms with Gasteiger partial charge in [-0.3, -0.25) is 0 Å². The molecule has 0 fully saturated rings. The average Bonchev–Trinajstić information content (AvgIpc) is 3.08. The highest BCUT2D eigenvalue weighted by Gasteiger charge is 2.09. The second-order valence-electron chi connectivity index (χ2n) is 5.88. The quantitative estimate of drug-likeness (QED) is 0.507. The smallest absolute Gasteiger partial charge is 0.336 e. The van der Waals surface area contributed by atoms with Gasteiger partial charge in [-0.25, -0.2) is 9.18 Å². The van der Waals surface area contributed by atoms with Gasteiger partial charge in [-0.2, -0.15) is 0 Å². The van der Waals surface area contributed by atoms with E-state index in [1.165, 1.54) is 18.2 Å². The first-order chi connectivity index (χ1) is 12.6. The Labute approximate surface area is 147 Å². The van der Waals surface area contributed by atoms with Gasteiger partial charge in [0.15, 0.2) is 5.76 Å². The topological polar surface area (TPSA) is 65.5 Å². The molecule has 0 radical (unpaired) electrons. The number of aryl methyl sites for hydroxylation is 1. The van der Waals surface area contributed by atoms with Crippen LogP contribution in [0.25, 0.3) is 22.2 Å². The van der Waals surface area contributed by atoms with Crippen LogP contribution in [0.3, 0.4) is 0 Å². The second-order valence-corrected chi connectivity index (χ2v) is 5.88. The van der Waals surface area contributed by atoms with Crippen LogP contribution in [0.2, 0.25) is 0 Å². The SMILES string of the molecule is Cc1cc(=O)oc2cc(OCc3cc(-c4cccc(F)c4)no3)ccc12. The number of nitrogens with zero attached hydrogens (tertiary/aromatic N) is 1. The lowest BCUT2D eigenvalue weighted by Crippen LogP contribution is -1.98. The van der Waals surface area contributed by atoms with E-state index in [1.54, 1.807) is 30.3 Å². The molecule has 0 unspecified atom stereocenters. The number of fused-ring (bicyclic) bond motifs is 1. The largest absolute Gasteiger partial charge is 0.485 e. The first-order valence-corrected chi connectivity index (χ1v) is 7.97. The summed E-state index contributed by atoms with van der Waals surface area (Å²) in [5.41, 5.74) is 2.07. The molecule has 4 rings (SSSR count). The van der Waals surface area contributed by atoms with Gasteiger partial charge < -0.3 is 13.7 Å². The van der Waals surface area contributed by atoms with Crippen molar-refractivity contribution in [3.63, 3.8) is 0 Å². The summed E-state index contributed by atoms with van der Waals surface area (Å²) in [6, 6.07) is 14.5. The fourth-order valence-corrected chi connectivity index (χ4v) is 2.71.